The zero-order valence-corrected chi connectivity index (χ0v) is 14.6. The van der Waals surface area contributed by atoms with Crippen molar-refractivity contribution in [1.82, 2.24) is 0 Å². The molecule has 0 radical (unpaired) electrons. The molecule has 0 bridgehead atoms. The van der Waals surface area contributed by atoms with E-state index in [2.05, 4.69) is 18.3 Å². The van der Waals surface area contributed by atoms with E-state index in [4.69, 9.17) is 4.74 Å². The second-order valence-electron chi connectivity index (χ2n) is 5.25. The molecule has 0 saturated carbocycles. The van der Waals surface area contributed by atoms with Gasteiger partial charge in [0.1, 0.15) is 12.2 Å². The minimum absolute atomic E-state index is 0.0229. The van der Waals surface area contributed by atoms with Crippen molar-refractivity contribution in [3.05, 3.63) is 47.9 Å². The summed E-state index contributed by atoms with van der Waals surface area (Å²) in [5.74, 6) is -0.407. The lowest BCUT2D eigenvalue weighted by Gasteiger charge is -2.26. The SMILES string of the molecule is C=CCN(CC=C)c1cc(N(C)CC(=O)OCC)c(C=O)cc1N=O. The Bertz CT molecular complexity index is 648. The van der Waals surface area contributed by atoms with Crippen LogP contribution < -0.4 is 9.80 Å². The van der Waals surface area contributed by atoms with Crippen molar-refractivity contribution >= 4 is 29.3 Å². The van der Waals surface area contributed by atoms with E-state index in [1.165, 1.54) is 6.07 Å². The average molecular weight is 345 g/mol. The fourth-order valence-corrected chi connectivity index (χ4v) is 2.40. The van der Waals surface area contributed by atoms with Gasteiger partial charge in [-0.25, -0.2) is 0 Å². The van der Waals surface area contributed by atoms with Gasteiger partial charge in [-0.15, -0.1) is 18.1 Å². The Morgan fingerprint density at radius 1 is 1.24 bits per heavy atom. The zero-order valence-electron chi connectivity index (χ0n) is 14.6. The molecule has 1 aromatic carbocycles. The van der Waals surface area contributed by atoms with E-state index in [9.17, 15) is 14.5 Å². The van der Waals surface area contributed by atoms with Crippen molar-refractivity contribution in [2.75, 3.05) is 43.1 Å². The van der Waals surface area contributed by atoms with Crippen LogP contribution >= 0.6 is 0 Å². The highest BCUT2D eigenvalue weighted by Gasteiger charge is 2.18. The van der Waals surface area contributed by atoms with E-state index in [0.29, 0.717) is 30.8 Å². The Morgan fingerprint density at radius 2 is 1.88 bits per heavy atom. The van der Waals surface area contributed by atoms with Gasteiger partial charge < -0.3 is 14.5 Å². The van der Waals surface area contributed by atoms with Gasteiger partial charge in [0.2, 0.25) is 0 Å². The molecule has 0 spiro atoms. The summed E-state index contributed by atoms with van der Waals surface area (Å²) in [5, 5.41) is 3.03. The molecule has 0 aliphatic carbocycles. The van der Waals surface area contributed by atoms with Crippen LogP contribution in [0.5, 0.6) is 0 Å². The Hall–Kier alpha value is -2.96. The number of ether oxygens (including phenoxy) is 1. The Morgan fingerprint density at radius 3 is 2.36 bits per heavy atom. The summed E-state index contributed by atoms with van der Waals surface area (Å²) < 4.78 is 4.93. The number of nitroso groups, excluding NO2 is 1. The van der Waals surface area contributed by atoms with Crippen LogP contribution in [-0.4, -0.2) is 45.5 Å². The van der Waals surface area contributed by atoms with Crippen molar-refractivity contribution < 1.29 is 14.3 Å². The molecule has 0 heterocycles. The summed E-state index contributed by atoms with van der Waals surface area (Å²) in [6, 6.07) is 3.07. The van der Waals surface area contributed by atoms with Crippen LogP contribution in [0.4, 0.5) is 17.1 Å². The Labute approximate surface area is 147 Å². The molecule has 0 N–H and O–H groups in total. The molecule has 7 heteroatoms. The fourth-order valence-electron chi connectivity index (χ4n) is 2.40. The minimum Gasteiger partial charge on any atom is -0.465 e. The van der Waals surface area contributed by atoms with Crippen LogP contribution in [0.3, 0.4) is 0 Å². The first-order valence-electron chi connectivity index (χ1n) is 7.82. The summed E-state index contributed by atoms with van der Waals surface area (Å²) in [5.41, 5.74) is 1.44. The van der Waals surface area contributed by atoms with E-state index >= 15 is 0 Å². The predicted octanol–water partition coefficient (Wildman–Crippen LogP) is 3.07. The third-order valence-electron chi connectivity index (χ3n) is 3.47. The summed E-state index contributed by atoms with van der Waals surface area (Å²) in [4.78, 5) is 37.8. The number of aldehydes is 1. The van der Waals surface area contributed by atoms with Crippen LogP contribution in [0.1, 0.15) is 17.3 Å². The molecule has 0 saturated heterocycles. The van der Waals surface area contributed by atoms with Crippen molar-refractivity contribution in [2.45, 2.75) is 6.92 Å². The largest absolute Gasteiger partial charge is 0.465 e. The second kappa shape index (κ2) is 10.0. The van der Waals surface area contributed by atoms with Gasteiger partial charge in [-0.3, -0.25) is 9.59 Å². The molecule has 25 heavy (non-hydrogen) atoms. The van der Waals surface area contributed by atoms with Gasteiger partial charge in [0, 0.05) is 31.4 Å². The van der Waals surface area contributed by atoms with Crippen molar-refractivity contribution in [1.29, 1.82) is 0 Å². The first-order chi connectivity index (χ1) is 12.0. The predicted molar refractivity (Wildman–Crippen MR) is 99.8 cm³/mol. The summed E-state index contributed by atoms with van der Waals surface area (Å²) in [6.45, 7) is 10.3. The third kappa shape index (κ3) is 5.27. The summed E-state index contributed by atoms with van der Waals surface area (Å²) in [6.07, 6.45) is 4.00. The van der Waals surface area contributed by atoms with Crippen LogP contribution in [-0.2, 0) is 9.53 Å². The van der Waals surface area contributed by atoms with Gasteiger partial charge in [0.15, 0.2) is 6.29 Å². The summed E-state index contributed by atoms with van der Waals surface area (Å²) in [7, 11) is 1.67. The molecule has 0 unspecified atom stereocenters. The number of nitrogens with zero attached hydrogens (tertiary/aromatic N) is 3. The van der Waals surface area contributed by atoms with E-state index < -0.39 is 5.97 Å². The number of anilines is 2. The smallest absolute Gasteiger partial charge is 0.325 e. The standard InChI is InChI=1S/C18H23N3O4/c1-5-8-21(9-6-2)17-11-16(14(13-22)10-15(17)19-24)20(4)12-18(23)25-7-3/h5-6,10-11,13H,1-2,7-9,12H2,3-4H3. The number of likely N-dealkylation sites (N-methyl/N-ethyl adjacent to an activating group) is 1. The number of rotatable bonds is 11. The summed E-state index contributed by atoms with van der Waals surface area (Å²) >= 11 is 0. The fraction of sp³-hybridized carbons (Fsp3) is 0.333. The second-order valence-corrected chi connectivity index (χ2v) is 5.25. The molecule has 7 nitrogen and oxygen atoms in total. The molecule has 1 aromatic rings. The molecule has 0 aliphatic rings. The molecule has 0 amide bonds. The number of esters is 1. The number of carbonyl (C=O) groups is 2. The van der Waals surface area contributed by atoms with Crippen LogP contribution in [0.2, 0.25) is 0 Å². The molecule has 0 aliphatic heterocycles. The number of hydrogen-bond donors (Lipinski definition) is 0. The van der Waals surface area contributed by atoms with E-state index in [0.717, 1.165) is 0 Å². The molecule has 0 fully saturated rings. The van der Waals surface area contributed by atoms with E-state index in [1.807, 2.05) is 4.90 Å². The molecule has 0 atom stereocenters. The highest BCUT2D eigenvalue weighted by Crippen LogP contribution is 2.35. The van der Waals surface area contributed by atoms with E-state index in [1.54, 1.807) is 37.1 Å². The van der Waals surface area contributed by atoms with Crippen LogP contribution in [0, 0.1) is 4.91 Å². The number of hydrogen-bond acceptors (Lipinski definition) is 7. The van der Waals surface area contributed by atoms with Gasteiger partial charge in [-0.2, -0.15) is 0 Å². The maximum atomic E-state index is 11.7. The highest BCUT2D eigenvalue weighted by molar-refractivity contribution is 5.91. The minimum atomic E-state index is -0.407. The number of carbonyl (C=O) groups excluding carboxylic acids is 2. The van der Waals surface area contributed by atoms with Gasteiger partial charge >= 0.3 is 5.97 Å². The van der Waals surface area contributed by atoms with Crippen LogP contribution in [0.15, 0.2) is 42.6 Å². The zero-order chi connectivity index (χ0) is 18.8. The molecule has 1 rings (SSSR count). The Balaban J connectivity index is 3.35. The van der Waals surface area contributed by atoms with Crippen molar-refractivity contribution in [3.63, 3.8) is 0 Å². The number of benzene rings is 1. The topological polar surface area (TPSA) is 79.3 Å². The van der Waals surface area contributed by atoms with Gasteiger partial charge in [-0.1, -0.05) is 12.2 Å². The molecule has 0 aromatic heterocycles. The lowest BCUT2D eigenvalue weighted by molar-refractivity contribution is -0.141. The quantitative estimate of drug-likeness (QED) is 0.265. The molecular formula is C18H23N3O4. The van der Waals surface area contributed by atoms with Gasteiger partial charge in [0.25, 0.3) is 0 Å². The van der Waals surface area contributed by atoms with Gasteiger partial charge in [-0.05, 0) is 24.2 Å². The monoisotopic (exact) mass is 345 g/mol. The Kier molecular flexibility index (Phi) is 8.05. The third-order valence-corrected chi connectivity index (χ3v) is 3.47. The van der Waals surface area contributed by atoms with Crippen molar-refractivity contribution in [3.8, 4) is 0 Å². The first kappa shape index (κ1) is 20.1. The van der Waals surface area contributed by atoms with E-state index in [-0.39, 0.29) is 24.4 Å². The maximum Gasteiger partial charge on any atom is 0.325 e. The molecular weight excluding hydrogens is 322 g/mol. The van der Waals surface area contributed by atoms with Gasteiger partial charge in [0.05, 0.1) is 12.3 Å². The van der Waals surface area contributed by atoms with Crippen molar-refractivity contribution in [2.24, 2.45) is 5.18 Å². The lowest BCUT2D eigenvalue weighted by Crippen LogP contribution is -2.29. The first-order valence-corrected chi connectivity index (χ1v) is 7.82. The lowest BCUT2D eigenvalue weighted by atomic mass is 10.1. The normalized spacial score (nSPS) is 9.84. The molecule has 134 valence electrons. The highest BCUT2D eigenvalue weighted by atomic mass is 16.5. The maximum absolute atomic E-state index is 11.7. The average Bonchev–Trinajstić information content (AvgIpc) is 2.60. The van der Waals surface area contributed by atoms with Crippen LogP contribution in [0.25, 0.3) is 0 Å².